The van der Waals surface area contributed by atoms with Crippen molar-refractivity contribution in [1.29, 1.82) is 5.26 Å². The zero-order chi connectivity index (χ0) is 36.8. The maximum Gasteiger partial charge on any atom is 0.159 e. The van der Waals surface area contributed by atoms with Crippen molar-refractivity contribution in [2.75, 3.05) is 32.4 Å². The number of benzene rings is 2. The fourth-order valence-electron chi connectivity index (χ4n) is 2.73. The van der Waals surface area contributed by atoms with Crippen LogP contribution in [0.25, 0.3) is 10.9 Å². The first kappa shape index (κ1) is 10.9. The van der Waals surface area contributed by atoms with Gasteiger partial charge in [0.15, 0.2) is 5.78 Å². The quantitative estimate of drug-likeness (QED) is 0.456. The summed E-state index contributed by atoms with van der Waals surface area (Å²) < 4.78 is 139. The number of carbonyl (C=O) groups excluding carboxylic acids is 1. The third kappa shape index (κ3) is 5.93. The zero-order valence-electron chi connectivity index (χ0n) is 32.5. The molecule has 7 heteroatoms. The van der Waals surface area contributed by atoms with E-state index in [0.717, 1.165) is 11.8 Å². The molecule has 0 saturated carbocycles. The molecule has 0 saturated heterocycles. The van der Waals surface area contributed by atoms with Crippen LogP contribution in [-0.2, 0) is 11.2 Å². The van der Waals surface area contributed by atoms with E-state index in [9.17, 15) is 14.4 Å². The van der Waals surface area contributed by atoms with Gasteiger partial charge in [0.25, 0.3) is 0 Å². The van der Waals surface area contributed by atoms with E-state index in [-0.39, 0.29) is 5.56 Å². The average Bonchev–Trinajstić information content (AvgIpc) is 2.96. The molecular formula is C26H27FN4O2. The zero-order valence-corrected chi connectivity index (χ0v) is 17.5. The lowest BCUT2D eigenvalue weighted by Gasteiger charge is -2.15. The summed E-state index contributed by atoms with van der Waals surface area (Å²) in [6, 6.07) is -2.93. The molecule has 0 aliphatic heterocycles. The van der Waals surface area contributed by atoms with Crippen LogP contribution in [0.5, 0.6) is 5.75 Å². The molecule has 0 unspecified atom stereocenters. The van der Waals surface area contributed by atoms with Crippen LogP contribution >= 0.6 is 0 Å². The number of carbonyl (C=O) groups is 1. The van der Waals surface area contributed by atoms with Crippen LogP contribution in [0, 0.1) is 24.1 Å². The van der Waals surface area contributed by atoms with Gasteiger partial charge in [0.05, 0.1) is 35.7 Å². The third-order valence-corrected chi connectivity index (χ3v) is 4.19. The number of hydrogen-bond acceptors (Lipinski definition) is 6. The molecule has 0 fully saturated rings. The fraction of sp³-hybridized carbons (Fsp3) is 0.269. The molecule has 6 nitrogen and oxygen atoms in total. The first-order valence-corrected chi connectivity index (χ1v) is 9.35. The molecule has 2 aromatic carbocycles. The maximum atomic E-state index is 14.4. The number of ether oxygens (including phenoxy) is 1. The second-order valence-corrected chi connectivity index (χ2v) is 6.73. The van der Waals surface area contributed by atoms with Crippen LogP contribution in [-0.4, -0.2) is 42.8 Å². The molecule has 3 aromatic rings. The topological polar surface area (TPSA) is 78.2 Å². The first-order chi connectivity index (χ1) is 21.8. The Hall–Kier alpha value is -3.76. The van der Waals surface area contributed by atoms with Crippen LogP contribution in [0.1, 0.15) is 44.1 Å². The lowest BCUT2D eigenvalue weighted by atomic mass is 10.0. The lowest BCUT2D eigenvalue weighted by molar-refractivity contribution is -0.114. The van der Waals surface area contributed by atoms with Crippen LogP contribution in [0.4, 0.5) is 15.8 Å². The van der Waals surface area contributed by atoms with Gasteiger partial charge in [-0.3, -0.25) is 9.78 Å². The smallest absolute Gasteiger partial charge is 0.159 e. The number of fused-ring (bicyclic) bond motifs is 1. The Bertz CT molecular complexity index is 1860. The van der Waals surface area contributed by atoms with E-state index >= 15 is 0 Å². The molecule has 0 spiro atoms. The molecular weight excluding hydrogens is 419 g/mol. The number of allylic oxidation sites excluding steroid dienone is 1. The standard InChI is InChI=1S/C26H27FN4O2/c1-5-33-25-14-24-22(13-18(25)12-21(32)7-6-10-31(3)4)26(19(15-28)16-29-24)30-20-8-9-23(27)17(2)11-20/h6-9,11,13-14,16H,5,10,12H2,1-4H3,(H,29,30)/b7-6+/i1D3,3D3,5D2,6D,8D,9D,11D,13D,14D,16D. The monoisotopic (exact) mass is 461 g/mol. The van der Waals surface area contributed by atoms with Gasteiger partial charge in [0.1, 0.15) is 17.6 Å². The number of pyridine rings is 1. The predicted molar refractivity (Wildman–Crippen MR) is 128 cm³/mol. The number of halogens is 1. The largest absolute Gasteiger partial charge is 0.494 e. The second kappa shape index (κ2) is 10.7. The number of ketones is 1. The van der Waals surface area contributed by atoms with Crippen LogP contribution in [0.3, 0.4) is 0 Å². The van der Waals surface area contributed by atoms with E-state index in [1.165, 1.54) is 7.05 Å². The fourth-order valence-corrected chi connectivity index (χ4v) is 2.73. The van der Waals surface area contributed by atoms with Gasteiger partial charge in [0.2, 0.25) is 0 Å². The van der Waals surface area contributed by atoms with Gasteiger partial charge in [-0.1, -0.05) is 6.05 Å². The highest BCUT2D eigenvalue weighted by molar-refractivity contribution is 5.98. The molecule has 0 radical (unpaired) electrons. The number of aromatic nitrogens is 1. The van der Waals surface area contributed by atoms with Crippen molar-refractivity contribution in [3.05, 3.63) is 71.0 Å². The Kier molecular flexibility index (Phi) is 3.54. The minimum absolute atomic E-state index is 0.357. The minimum atomic E-state index is -3.51. The summed E-state index contributed by atoms with van der Waals surface area (Å²) >= 11 is 0. The van der Waals surface area contributed by atoms with Crippen molar-refractivity contribution in [3.63, 3.8) is 0 Å². The minimum Gasteiger partial charge on any atom is -0.494 e. The first-order valence-electron chi connectivity index (χ1n) is 16.8. The van der Waals surface area contributed by atoms with Gasteiger partial charge in [-0.05, 0) is 63.6 Å². The van der Waals surface area contributed by atoms with Gasteiger partial charge in [0, 0.05) is 50.0 Å². The molecule has 3 rings (SSSR count). The van der Waals surface area contributed by atoms with Gasteiger partial charge in [-0.25, -0.2) is 4.39 Å². The molecule has 0 amide bonds. The van der Waals surface area contributed by atoms with Crippen LogP contribution in [0.15, 0.2) is 48.5 Å². The molecule has 170 valence electrons. The van der Waals surface area contributed by atoms with Crippen molar-refractivity contribution < 1.29 is 34.5 Å². The van der Waals surface area contributed by atoms with E-state index in [0.29, 0.717) is 6.08 Å². The maximum absolute atomic E-state index is 14.4. The van der Waals surface area contributed by atoms with E-state index in [1.807, 2.05) is 0 Å². The summed E-state index contributed by atoms with van der Waals surface area (Å²) in [5.41, 5.74) is -3.26. The van der Waals surface area contributed by atoms with E-state index < -0.39 is 127 Å². The Morgan fingerprint density at radius 2 is 2.33 bits per heavy atom. The van der Waals surface area contributed by atoms with Crippen molar-refractivity contribution in [1.82, 2.24) is 9.88 Å². The SMILES string of the molecule is [2H]/C(=C\C(=O)Cc1c(OC([2H])([2H])C([2H])([2H])[2H])c([2H])c2nc([2H])c(C#N)c(Nc3c([2H])c([2H])c(F)c(C)c3[2H])c2c1[2H])CN(C)C([2H])([2H])[2H]. The number of rotatable bonds is 9. The summed E-state index contributed by atoms with van der Waals surface area (Å²) in [6.07, 6.45) is -1.06. The highest BCUT2D eigenvalue weighted by Crippen LogP contribution is 2.34. The predicted octanol–water partition coefficient (Wildman–Crippen LogP) is 4.93. The Morgan fingerprint density at radius 1 is 1.48 bits per heavy atom. The highest BCUT2D eigenvalue weighted by Gasteiger charge is 2.16. The van der Waals surface area contributed by atoms with Gasteiger partial charge in [-0.15, -0.1) is 0 Å². The molecule has 0 aliphatic rings. The second-order valence-electron chi connectivity index (χ2n) is 6.73. The third-order valence-electron chi connectivity index (χ3n) is 4.19. The number of anilines is 2. The Balaban J connectivity index is 2.42. The van der Waals surface area contributed by atoms with E-state index in [4.69, 9.17) is 25.3 Å². The molecule has 1 aromatic heterocycles. The number of nitriles is 1. The highest BCUT2D eigenvalue weighted by atomic mass is 19.1. The summed E-state index contributed by atoms with van der Waals surface area (Å²) in [5, 5.41) is 11.9. The molecule has 1 N–H and O–H groups in total. The number of nitrogens with zero attached hydrogens (tertiary/aromatic N) is 3. The van der Waals surface area contributed by atoms with E-state index in [1.54, 1.807) is 6.07 Å². The molecule has 1 heterocycles. The Labute approximate surface area is 214 Å². The van der Waals surface area contributed by atoms with Crippen LogP contribution < -0.4 is 10.1 Å². The van der Waals surface area contributed by atoms with E-state index in [2.05, 4.69) is 10.3 Å². The lowest BCUT2D eigenvalue weighted by Crippen LogP contribution is -2.11. The number of hydrogen-bond donors (Lipinski definition) is 1. The molecule has 0 aliphatic carbocycles. The summed E-state index contributed by atoms with van der Waals surface area (Å²) in [4.78, 5) is 17.8. The molecule has 0 bridgehead atoms. The van der Waals surface area contributed by atoms with Crippen LogP contribution in [0.2, 0.25) is 0 Å². The van der Waals surface area contributed by atoms with Gasteiger partial charge < -0.3 is 15.0 Å². The molecule has 33 heavy (non-hydrogen) atoms. The van der Waals surface area contributed by atoms with Crippen molar-refractivity contribution in [3.8, 4) is 11.8 Å². The summed E-state index contributed by atoms with van der Waals surface area (Å²) in [5.74, 6) is -3.09. The number of nitrogens with one attached hydrogen (secondary N) is 1. The Morgan fingerprint density at radius 3 is 3.09 bits per heavy atom. The normalized spacial score (nSPS) is 19.2. The summed E-state index contributed by atoms with van der Waals surface area (Å²) in [7, 11) is 1.17. The molecule has 0 atom stereocenters. The number of likely N-dealkylation sites (N-methyl/N-ethyl adjacent to an activating group) is 1. The van der Waals surface area contributed by atoms with Crippen molar-refractivity contribution in [2.45, 2.75) is 20.2 Å². The average molecular weight is 462 g/mol. The van der Waals surface area contributed by atoms with Crippen molar-refractivity contribution in [2.24, 2.45) is 0 Å². The van der Waals surface area contributed by atoms with Gasteiger partial charge in [-0.2, -0.15) is 5.26 Å². The van der Waals surface area contributed by atoms with Gasteiger partial charge >= 0.3 is 0 Å². The van der Waals surface area contributed by atoms with Crippen molar-refractivity contribution >= 4 is 28.1 Å². The summed E-state index contributed by atoms with van der Waals surface area (Å²) in [6.45, 7) is -8.93.